The SMILES string of the molecule is COc1c(C)cnc(CNC(=O)Oc2ccc3c(c2)OCCO3)c1C. The van der Waals surface area contributed by atoms with Crippen molar-refractivity contribution in [3.63, 3.8) is 0 Å². The summed E-state index contributed by atoms with van der Waals surface area (Å²) in [4.78, 5) is 16.4. The minimum Gasteiger partial charge on any atom is -0.496 e. The lowest BCUT2D eigenvalue weighted by atomic mass is 10.1. The van der Waals surface area contributed by atoms with E-state index in [1.807, 2.05) is 13.8 Å². The van der Waals surface area contributed by atoms with Crippen LogP contribution in [-0.4, -0.2) is 31.4 Å². The minimum absolute atomic E-state index is 0.242. The van der Waals surface area contributed by atoms with Crippen LogP contribution in [0, 0.1) is 13.8 Å². The minimum atomic E-state index is -0.572. The van der Waals surface area contributed by atoms with E-state index in [2.05, 4.69) is 10.3 Å². The second-order valence-electron chi connectivity index (χ2n) is 5.59. The summed E-state index contributed by atoms with van der Waals surface area (Å²) in [5.41, 5.74) is 2.56. The fraction of sp³-hybridized carbons (Fsp3) is 0.333. The van der Waals surface area contributed by atoms with Crippen LogP contribution in [0.15, 0.2) is 24.4 Å². The number of nitrogens with one attached hydrogen (secondary N) is 1. The van der Waals surface area contributed by atoms with Crippen LogP contribution >= 0.6 is 0 Å². The Morgan fingerprint density at radius 1 is 1.24 bits per heavy atom. The van der Waals surface area contributed by atoms with Gasteiger partial charge in [-0.15, -0.1) is 0 Å². The highest BCUT2D eigenvalue weighted by Gasteiger charge is 2.15. The Labute approximate surface area is 145 Å². The molecule has 7 nitrogen and oxygen atoms in total. The van der Waals surface area contributed by atoms with Crippen molar-refractivity contribution in [3.8, 4) is 23.0 Å². The van der Waals surface area contributed by atoms with Gasteiger partial charge in [-0.2, -0.15) is 0 Å². The van der Waals surface area contributed by atoms with E-state index in [-0.39, 0.29) is 6.54 Å². The third-order valence-corrected chi connectivity index (χ3v) is 3.87. The van der Waals surface area contributed by atoms with Crippen LogP contribution in [0.3, 0.4) is 0 Å². The summed E-state index contributed by atoms with van der Waals surface area (Å²) in [6, 6.07) is 5.01. The number of aryl methyl sites for hydroxylation is 1. The van der Waals surface area contributed by atoms with Crippen molar-refractivity contribution < 1.29 is 23.7 Å². The van der Waals surface area contributed by atoms with Gasteiger partial charge in [0.05, 0.1) is 19.3 Å². The maximum absolute atomic E-state index is 12.0. The Hall–Kier alpha value is -2.96. The summed E-state index contributed by atoms with van der Waals surface area (Å²) in [5.74, 6) is 2.36. The summed E-state index contributed by atoms with van der Waals surface area (Å²) >= 11 is 0. The van der Waals surface area contributed by atoms with Gasteiger partial charge in [0.15, 0.2) is 11.5 Å². The standard InChI is InChI=1S/C18H20N2O5/c1-11-9-19-14(12(2)17(11)22-3)10-20-18(21)25-13-4-5-15-16(8-13)24-7-6-23-15/h4-5,8-9H,6-7,10H2,1-3H3,(H,20,21). The molecule has 1 aromatic heterocycles. The first-order valence-electron chi connectivity index (χ1n) is 7.93. The molecule has 1 amide bonds. The monoisotopic (exact) mass is 344 g/mol. The van der Waals surface area contributed by atoms with Gasteiger partial charge in [-0.3, -0.25) is 4.98 Å². The first-order valence-corrected chi connectivity index (χ1v) is 7.93. The lowest BCUT2D eigenvalue weighted by molar-refractivity contribution is 0.170. The molecule has 0 spiro atoms. The van der Waals surface area contributed by atoms with Gasteiger partial charge in [-0.05, 0) is 26.0 Å². The predicted molar refractivity (Wildman–Crippen MR) is 90.6 cm³/mol. The molecule has 0 atom stereocenters. The number of pyridine rings is 1. The summed E-state index contributed by atoms with van der Waals surface area (Å²) < 4.78 is 21.5. The Balaban J connectivity index is 1.62. The van der Waals surface area contributed by atoms with Crippen molar-refractivity contribution in [1.82, 2.24) is 10.3 Å². The van der Waals surface area contributed by atoms with Crippen LogP contribution in [0.2, 0.25) is 0 Å². The molecule has 0 unspecified atom stereocenters. The highest BCUT2D eigenvalue weighted by molar-refractivity contribution is 5.70. The van der Waals surface area contributed by atoms with E-state index in [0.29, 0.717) is 30.5 Å². The molecule has 2 aromatic rings. The molecule has 1 aliphatic rings. The maximum Gasteiger partial charge on any atom is 0.412 e. The molecule has 1 aliphatic heterocycles. The molecule has 0 radical (unpaired) electrons. The van der Waals surface area contributed by atoms with Crippen molar-refractivity contribution in [2.24, 2.45) is 0 Å². The molecule has 2 heterocycles. The molecule has 0 bridgehead atoms. The average molecular weight is 344 g/mol. The van der Waals surface area contributed by atoms with Gasteiger partial charge in [0.25, 0.3) is 0 Å². The summed E-state index contributed by atoms with van der Waals surface area (Å²) in [6.07, 6.45) is 1.15. The number of benzene rings is 1. The highest BCUT2D eigenvalue weighted by atomic mass is 16.6. The highest BCUT2D eigenvalue weighted by Crippen LogP contribution is 2.33. The van der Waals surface area contributed by atoms with Gasteiger partial charge >= 0.3 is 6.09 Å². The van der Waals surface area contributed by atoms with Gasteiger partial charge in [-0.1, -0.05) is 0 Å². The lowest BCUT2D eigenvalue weighted by Gasteiger charge is -2.18. The van der Waals surface area contributed by atoms with E-state index in [4.69, 9.17) is 18.9 Å². The van der Waals surface area contributed by atoms with E-state index in [1.165, 1.54) is 0 Å². The lowest BCUT2D eigenvalue weighted by Crippen LogP contribution is -2.27. The van der Waals surface area contributed by atoms with Gasteiger partial charge in [0, 0.05) is 23.4 Å². The summed E-state index contributed by atoms with van der Waals surface area (Å²) in [5, 5.41) is 2.69. The third-order valence-electron chi connectivity index (χ3n) is 3.87. The normalized spacial score (nSPS) is 12.4. The Morgan fingerprint density at radius 3 is 2.76 bits per heavy atom. The van der Waals surface area contributed by atoms with Crippen molar-refractivity contribution in [2.75, 3.05) is 20.3 Å². The fourth-order valence-corrected chi connectivity index (χ4v) is 2.64. The van der Waals surface area contributed by atoms with E-state index in [1.54, 1.807) is 31.5 Å². The van der Waals surface area contributed by atoms with Crippen LogP contribution in [0.25, 0.3) is 0 Å². The molecule has 25 heavy (non-hydrogen) atoms. The van der Waals surface area contributed by atoms with E-state index >= 15 is 0 Å². The number of carbonyl (C=O) groups is 1. The van der Waals surface area contributed by atoms with Crippen LogP contribution in [0.1, 0.15) is 16.8 Å². The second kappa shape index (κ2) is 7.29. The molecule has 1 aromatic carbocycles. The number of ether oxygens (including phenoxy) is 4. The number of rotatable bonds is 4. The van der Waals surface area contributed by atoms with Crippen molar-refractivity contribution in [3.05, 3.63) is 41.2 Å². The Morgan fingerprint density at radius 2 is 2.00 bits per heavy atom. The van der Waals surface area contributed by atoms with Gasteiger partial charge in [0.1, 0.15) is 24.7 Å². The molecule has 1 N–H and O–H groups in total. The maximum atomic E-state index is 12.0. The number of fused-ring (bicyclic) bond motifs is 1. The molecule has 0 saturated heterocycles. The van der Waals surface area contributed by atoms with Crippen molar-refractivity contribution in [2.45, 2.75) is 20.4 Å². The number of carbonyl (C=O) groups excluding carboxylic acids is 1. The van der Waals surface area contributed by atoms with Crippen LogP contribution in [0.4, 0.5) is 4.79 Å². The van der Waals surface area contributed by atoms with E-state index < -0.39 is 6.09 Å². The number of aromatic nitrogens is 1. The Kier molecular flexibility index (Phi) is 4.92. The first kappa shape index (κ1) is 16.9. The molecule has 7 heteroatoms. The first-order chi connectivity index (χ1) is 12.1. The smallest absolute Gasteiger partial charge is 0.412 e. The van der Waals surface area contributed by atoms with Gasteiger partial charge in [-0.25, -0.2) is 4.79 Å². The topological polar surface area (TPSA) is 78.9 Å². The van der Waals surface area contributed by atoms with Crippen LogP contribution < -0.4 is 24.3 Å². The van der Waals surface area contributed by atoms with Crippen molar-refractivity contribution in [1.29, 1.82) is 0 Å². The molecule has 3 rings (SSSR count). The summed E-state index contributed by atoms with van der Waals surface area (Å²) in [6.45, 7) is 5.06. The van der Waals surface area contributed by atoms with E-state index in [0.717, 1.165) is 22.6 Å². The van der Waals surface area contributed by atoms with Gasteiger partial charge in [0.2, 0.25) is 0 Å². The van der Waals surface area contributed by atoms with Gasteiger partial charge < -0.3 is 24.3 Å². The van der Waals surface area contributed by atoms with Crippen molar-refractivity contribution >= 4 is 6.09 Å². The molecule has 0 aliphatic carbocycles. The fourth-order valence-electron chi connectivity index (χ4n) is 2.64. The largest absolute Gasteiger partial charge is 0.496 e. The zero-order valence-electron chi connectivity index (χ0n) is 14.4. The zero-order valence-corrected chi connectivity index (χ0v) is 14.4. The number of hydrogen-bond acceptors (Lipinski definition) is 6. The number of methoxy groups -OCH3 is 1. The number of nitrogens with zero attached hydrogens (tertiary/aromatic N) is 1. The third kappa shape index (κ3) is 3.76. The quantitative estimate of drug-likeness (QED) is 0.919. The summed E-state index contributed by atoms with van der Waals surface area (Å²) in [7, 11) is 1.61. The average Bonchev–Trinajstić information content (AvgIpc) is 2.61. The molecule has 132 valence electrons. The second-order valence-corrected chi connectivity index (χ2v) is 5.59. The molecule has 0 saturated carbocycles. The molecule has 0 fully saturated rings. The number of hydrogen-bond donors (Lipinski definition) is 1. The molecular formula is C18H20N2O5. The number of amides is 1. The van der Waals surface area contributed by atoms with Crippen LogP contribution in [-0.2, 0) is 6.54 Å². The predicted octanol–water partition coefficient (Wildman–Crippen LogP) is 2.77. The molecular weight excluding hydrogens is 324 g/mol. The zero-order chi connectivity index (χ0) is 17.8. The Bertz CT molecular complexity index is 791. The van der Waals surface area contributed by atoms with E-state index in [9.17, 15) is 4.79 Å². The van der Waals surface area contributed by atoms with Crippen LogP contribution in [0.5, 0.6) is 23.0 Å².